The molecule has 2 aliphatic carbocycles. The molecule has 2 saturated carbocycles. The number of hydrogen-bond acceptors (Lipinski definition) is 5. The highest BCUT2D eigenvalue weighted by atomic mass is 19.1. The smallest absolute Gasteiger partial charge is 0.253 e. The summed E-state index contributed by atoms with van der Waals surface area (Å²) < 4.78 is 19.8. The maximum Gasteiger partial charge on any atom is 0.253 e. The minimum atomic E-state index is -0.544. The fourth-order valence-electron chi connectivity index (χ4n) is 4.42. The molecule has 1 aromatic carbocycles. The topological polar surface area (TPSA) is 87.9 Å². The minimum Gasteiger partial charge on any atom is -0.370 e. The molecule has 1 aromatic rings. The second-order valence-corrected chi connectivity index (χ2v) is 8.58. The number of carbonyl (C=O) groups is 2. The molecule has 1 heterocycles. The van der Waals surface area contributed by atoms with E-state index < -0.39 is 11.9 Å². The zero-order chi connectivity index (χ0) is 21.1. The first-order chi connectivity index (χ1) is 14.6. The highest BCUT2D eigenvalue weighted by Gasteiger charge is 2.36. The van der Waals surface area contributed by atoms with Gasteiger partial charge in [0.2, 0.25) is 5.91 Å². The van der Waals surface area contributed by atoms with Gasteiger partial charge in [-0.15, -0.1) is 0 Å². The lowest BCUT2D eigenvalue weighted by Crippen LogP contribution is -2.56. The van der Waals surface area contributed by atoms with Gasteiger partial charge in [-0.05, 0) is 49.8 Å². The quantitative estimate of drug-likeness (QED) is 0.675. The van der Waals surface area contributed by atoms with Crippen LogP contribution in [0.5, 0.6) is 0 Å². The van der Waals surface area contributed by atoms with Crippen LogP contribution in [-0.4, -0.2) is 61.6 Å². The highest BCUT2D eigenvalue weighted by Crippen LogP contribution is 2.33. The molecule has 164 valence electrons. The van der Waals surface area contributed by atoms with Gasteiger partial charge in [0, 0.05) is 31.4 Å². The molecule has 3 aliphatic rings. The summed E-state index contributed by atoms with van der Waals surface area (Å²) in [5, 5.41) is 2.84. The summed E-state index contributed by atoms with van der Waals surface area (Å²) in [6, 6.07) is 4.43. The SMILES string of the molecule is NC[C@@H](C(=O)Nc1ccc(N2CCOCC2=O)c(F)c1)N(CC1CCC1)C1CCC1. The van der Waals surface area contributed by atoms with E-state index in [9.17, 15) is 14.0 Å². The first kappa shape index (κ1) is 21.2. The zero-order valence-electron chi connectivity index (χ0n) is 17.3. The second-order valence-electron chi connectivity index (χ2n) is 8.58. The molecule has 2 amide bonds. The molecule has 3 N–H and O–H groups in total. The number of rotatable bonds is 8. The van der Waals surface area contributed by atoms with Crippen LogP contribution < -0.4 is 16.0 Å². The van der Waals surface area contributed by atoms with Crippen molar-refractivity contribution in [1.82, 2.24) is 4.90 Å². The average molecular weight is 419 g/mol. The number of hydrogen-bond donors (Lipinski definition) is 2. The van der Waals surface area contributed by atoms with Crippen LogP contribution in [0.3, 0.4) is 0 Å². The number of ether oxygens (including phenoxy) is 1. The third kappa shape index (κ3) is 4.50. The van der Waals surface area contributed by atoms with E-state index in [2.05, 4.69) is 10.2 Å². The molecule has 30 heavy (non-hydrogen) atoms. The summed E-state index contributed by atoms with van der Waals surface area (Å²) in [5.74, 6) is -0.363. The Morgan fingerprint density at radius 1 is 1.30 bits per heavy atom. The van der Waals surface area contributed by atoms with Gasteiger partial charge >= 0.3 is 0 Å². The maximum absolute atomic E-state index is 14.7. The summed E-state index contributed by atoms with van der Waals surface area (Å²) in [6.07, 6.45) is 7.10. The van der Waals surface area contributed by atoms with Gasteiger partial charge < -0.3 is 20.7 Å². The number of amides is 2. The Morgan fingerprint density at radius 2 is 2.07 bits per heavy atom. The van der Waals surface area contributed by atoms with Gasteiger partial charge in [0.1, 0.15) is 18.5 Å². The minimum absolute atomic E-state index is 0.0475. The highest BCUT2D eigenvalue weighted by molar-refractivity contribution is 5.97. The lowest BCUT2D eigenvalue weighted by Gasteiger charge is -2.44. The second kappa shape index (κ2) is 9.41. The van der Waals surface area contributed by atoms with Gasteiger partial charge in [-0.25, -0.2) is 4.39 Å². The Balaban J connectivity index is 1.44. The summed E-state index contributed by atoms with van der Waals surface area (Å²) in [5.41, 5.74) is 6.59. The molecule has 0 bridgehead atoms. The van der Waals surface area contributed by atoms with Gasteiger partial charge in [0.15, 0.2) is 0 Å². The number of nitrogens with two attached hydrogens (primary N) is 1. The summed E-state index contributed by atoms with van der Waals surface area (Å²) in [7, 11) is 0. The predicted molar refractivity (Wildman–Crippen MR) is 113 cm³/mol. The average Bonchev–Trinajstić information content (AvgIpc) is 2.64. The van der Waals surface area contributed by atoms with Crippen molar-refractivity contribution >= 4 is 23.2 Å². The summed E-state index contributed by atoms with van der Waals surface area (Å²) in [6.45, 7) is 1.78. The van der Waals surface area contributed by atoms with Crippen LogP contribution in [0.2, 0.25) is 0 Å². The molecule has 1 atom stereocenters. The van der Waals surface area contributed by atoms with E-state index in [0.717, 1.165) is 19.4 Å². The first-order valence-electron chi connectivity index (χ1n) is 11.0. The number of nitrogens with one attached hydrogen (secondary N) is 1. The molecular weight excluding hydrogens is 387 g/mol. The summed E-state index contributed by atoms with van der Waals surface area (Å²) in [4.78, 5) is 28.7. The van der Waals surface area contributed by atoms with Crippen molar-refractivity contribution in [2.24, 2.45) is 11.7 Å². The molecule has 4 rings (SSSR count). The van der Waals surface area contributed by atoms with Crippen LogP contribution in [0.4, 0.5) is 15.8 Å². The molecular formula is C22H31FN4O3. The molecule has 0 spiro atoms. The van der Waals surface area contributed by atoms with E-state index in [1.54, 1.807) is 6.07 Å². The summed E-state index contributed by atoms with van der Waals surface area (Å²) >= 11 is 0. The van der Waals surface area contributed by atoms with Crippen molar-refractivity contribution in [3.05, 3.63) is 24.0 Å². The molecule has 0 radical (unpaired) electrons. The third-order valence-corrected chi connectivity index (χ3v) is 6.66. The molecule has 0 aromatic heterocycles. The van der Waals surface area contributed by atoms with E-state index in [4.69, 9.17) is 10.5 Å². The van der Waals surface area contributed by atoms with Gasteiger partial charge in [-0.1, -0.05) is 12.8 Å². The van der Waals surface area contributed by atoms with Gasteiger partial charge in [0.05, 0.1) is 12.3 Å². The van der Waals surface area contributed by atoms with E-state index >= 15 is 0 Å². The lowest BCUT2D eigenvalue weighted by molar-refractivity contribution is -0.126. The molecule has 3 fully saturated rings. The molecule has 1 saturated heterocycles. The maximum atomic E-state index is 14.7. The molecule has 0 unspecified atom stereocenters. The van der Waals surface area contributed by atoms with Gasteiger partial charge in [0.25, 0.3) is 5.91 Å². The standard InChI is InChI=1S/C22H31FN4O3/c23-18-11-16(7-8-19(18)26-9-10-30-14-21(26)28)25-22(29)20(12-24)27(17-5-2-6-17)13-15-3-1-4-15/h7-8,11,15,17,20H,1-6,9-10,12-14,24H2,(H,25,29)/t20-/m0/s1. The van der Waals surface area contributed by atoms with Crippen molar-refractivity contribution in [2.45, 2.75) is 50.6 Å². The van der Waals surface area contributed by atoms with Gasteiger partial charge in [-0.2, -0.15) is 0 Å². The Hall–Kier alpha value is -2.03. The Kier molecular flexibility index (Phi) is 6.65. The van der Waals surface area contributed by atoms with Crippen LogP contribution in [0.25, 0.3) is 0 Å². The van der Waals surface area contributed by atoms with Crippen LogP contribution >= 0.6 is 0 Å². The third-order valence-electron chi connectivity index (χ3n) is 6.66. The van der Waals surface area contributed by atoms with E-state index in [-0.39, 0.29) is 30.7 Å². The van der Waals surface area contributed by atoms with Crippen LogP contribution in [-0.2, 0) is 14.3 Å². The van der Waals surface area contributed by atoms with Crippen molar-refractivity contribution < 1.29 is 18.7 Å². The van der Waals surface area contributed by atoms with Crippen molar-refractivity contribution in [3.63, 3.8) is 0 Å². The molecule has 8 heteroatoms. The van der Waals surface area contributed by atoms with E-state index in [1.807, 2.05) is 0 Å². The number of morpholine rings is 1. The predicted octanol–water partition coefficient (Wildman–Crippen LogP) is 2.11. The zero-order valence-corrected chi connectivity index (χ0v) is 17.3. The lowest BCUT2D eigenvalue weighted by atomic mass is 9.82. The van der Waals surface area contributed by atoms with Gasteiger partial charge in [-0.3, -0.25) is 14.5 Å². The van der Waals surface area contributed by atoms with E-state index in [0.29, 0.717) is 30.8 Å². The van der Waals surface area contributed by atoms with Crippen LogP contribution in [0.15, 0.2) is 18.2 Å². The first-order valence-corrected chi connectivity index (χ1v) is 11.0. The Labute approximate surface area is 176 Å². The largest absolute Gasteiger partial charge is 0.370 e. The fraction of sp³-hybridized carbons (Fsp3) is 0.636. The number of nitrogens with zero attached hydrogens (tertiary/aromatic N) is 2. The normalized spacial score (nSPS) is 21.3. The number of anilines is 2. The molecule has 1 aliphatic heterocycles. The number of benzene rings is 1. The number of carbonyl (C=O) groups excluding carboxylic acids is 2. The van der Waals surface area contributed by atoms with Crippen LogP contribution in [0, 0.1) is 11.7 Å². The monoisotopic (exact) mass is 418 g/mol. The number of halogens is 1. The van der Waals surface area contributed by atoms with Crippen molar-refractivity contribution in [1.29, 1.82) is 0 Å². The fourth-order valence-corrected chi connectivity index (χ4v) is 4.42. The van der Waals surface area contributed by atoms with E-state index in [1.165, 1.54) is 42.7 Å². The molecule has 7 nitrogen and oxygen atoms in total. The van der Waals surface area contributed by atoms with Crippen molar-refractivity contribution in [2.75, 3.05) is 43.1 Å². The van der Waals surface area contributed by atoms with Crippen molar-refractivity contribution in [3.8, 4) is 0 Å². The Morgan fingerprint density at radius 3 is 2.63 bits per heavy atom. The van der Waals surface area contributed by atoms with Crippen LogP contribution in [0.1, 0.15) is 38.5 Å². The Bertz CT molecular complexity index is 782.